The zero-order valence-corrected chi connectivity index (χ0v) is 18.8. The zero-order chi connectivity index (χ0) is 23.2. The molecule has 1 heterocycles. The van der Waals surface area contributed by atoms with Crippen molar-refractivity contribution in [2.45, 2.75) is 26.3 Å². The van der Waals surface area contributed by atoms with E-state index in [0.717, 1.165) is 16.7 Å². The Hall–Kier alpha value is -3.99. The maximum absolute atomic E-state index is 13.2. The topological polar surface area (TPSA) is 49.6 Å². The van der Waals surface area contributed by atoms with Gasteiger partial charge in [-0.05, 0) is 43.7 Å². The molecule has 1 atom stereocenters. The van der Waals surface area contributed by atoms with Crippen molar-refractivity contribution in [1.82, 2.24) is 5.01 Å². The minimum absolute atomic E-state index is 0.0226. The number of allylic oxidation sites excluding steroid dienone is 1. The summed E-state index contributed by atoms with van der Waals surface area (Å²) in [5.41, 5.74) is 3.35. The van der Waals surface area contributed by atoms with Crippen LogP contribution in [0.5, 0.6) is 0 Å². The summed E-state index contributed by atoms with van der Waals surface area (Å²) in [4.78, 5) is 25.9. The van der Waals surface area contributed by atoms with Crippen molar-refractivity contribution in [3.8, 4) is 0 Å². The number of esters is 1. The molecule has 0 N–H and O–H groups in total. The lowest BCUT2D eigenvalue weighted by molar-refractivity contribution is -0.683. The monoisotopic (exact) mass is 439 g/mol. The van der Waals surface area contributed by atoms with Crippen LogP contribution in [0, 0.1) is 0 Å². The van der Waals surface area contributed by atoms with Gasteiger partial charge in [0.25, 0.3) is 5.91 Å². The van der Waals surface area contributed by atoms with Gasteiger partial charge in [-0.1, -0.05) is 66.7 Å². The molecule has 1 fully saturated rings. The average Bonchev–Trinajstić information content (AvgIpc) is 3.15. The maximum atomic E-state index is 13.2. The molecule has 4 rings (SSSR count). The first-order valence-electron chi connectivity index (χ1n) is 11.0. The number of hydrogen-bond acceptors (Lipinski definition) is 3. The van der Waals surface area contributed by atoms with E-state index in [1.807, 2.05) is 91.5 Å². The number of hydrogen-bond donors (Lipinski definition) is 0. The minimum atomic E-state index is -0.434. The highest BCUT2D eigenvalue weighted by Crippen LogP contribution is 2.30. The fraction of sp³-hybridized carbons (Fsp3) is 0.179. The molecule has 1 aliphatic heterocycles. The van der Waals surface area contributed by atoms with Crippen molar-refractivity contribution in [3.63, 3.8) is 0 Å². The summed E-state index contributed by atoms with van der Waals surface area (Å²) in [5, 5.41) is 1.67. The Bertz CT molecular complexity index is 1180. The van der Waals surface area contributed by atoms with Crippen LogP contribution in [-0.4, -0.2) is 34.3 Å². The first-order chi connectivity index (χ1) is 16.0. The predicted molar refractivity (Wildman–Crippen MR) is 128 cm³/mol. The summed E-state index contributed by atoms with van der Waals surface area (Å²) in [6.07, 6.45) is 2.32. The zero-order valence-electron chi connectivity index (χ0n) is 18.8. The molecule has 0 spiro atoms. The Morgan fingerprint density at radius 1 is 0.939 bits per heavy atom. The van der Waals surface area contributed by atoms with Crippen molar-refractivity contribution < 1.29 is 19.0 Å². The van der Waals surface area contributed by atoms with Crippen LogP contribution >= 0.6 is 0 Å². The van der Waals surface area contributed by atoms with Crippen molar-refractivity contribution in [1.29, 1.82) is 0 Å². The number of amides is 1. The van der Waals surface area contributed by atoms with Crippen LogP contribution in [0.3, 0.4) is 0 Å². The van der Waals surface area contributed by atoms with Gasteiger partial charge >= 0.3 is 5.97 Å². The molecule has 3 aromatic rings. The third kappa shape index (κ3) is 5.26. The maximum Gasteiger partial charge on any atom is 0.343 e. The smallest absolute Gasteiger partial charge is 0.343 e. The van der Waals surface area contributed by atoms with Gasteiger partial charge in [-0.25, -0.2) is 4.79 Å². The second-order valence-corrected chi connectivity index (χ2v) is 8.18. The van der Waals surface area contributed by atoms with Gasteiger partial charge in [0.1, 0.15) is 18.7 Å². The normalized spacial score (nSPS) is 16.7. The standard InChI is InChI=1S/C28H27N2O3/c1-21(2)26(33-28(32)24-16-10-5-11-17-24)20-30-27(31)18-25(23-14-8-4-9-15-23)29(30)19-22-12-6-3-7-13-22/h3-17,19,25H,18,20H2,1-2H3/q+1/b29-19-/t25-/m1/s1. The molecule has 1 aliphatic rings. The highest BCUT2D eigenvalue weighted by atomic mass is 16.5. The number of hydrazone groups is 1. The molecule has 0 radical (unpaired) electrons. The number of benzene rings is 3. The van der Waals surface area contributed by atoms with Crippen LogP contribution < -0.4 is 0 Å². The summed E-state index contributed by atoms with van der Waals surface area (Å²) < 4.78 is 7.72. The largest absolute Gasteiger partial charge is 0.425 e. The average molecular weight is 440 g/mol. The number of carbonyl (C=O) groups excluding carboxylic acids is 2. The van der Waals surface area contributed by atoms with E-state index in [4.69, 9.17) is 4.74 Å². The summed E-state index contributed by atoms with van der Waals surface area (Å²) in [5.74, 6) is 0.0135. The molecule has 166 valence electrons. The molecule has 5 nitrogen and oxygen atoms in total. The number of carbonyl (C=O) groups is 2. The molecular formula is C28H27N2O3+. The second-order valence-electron chi connectivity index (χ2n) is 8.18. The van der Waals surface area contributed by atoms with E-state index in [1.165, 1.54) is 0 Å². The molecule has 0 unspecified atom stereocenters. The Kier molecular flexibility index (Phi) is 6.79. The van der Waals surface area contributed by atoms with Gasteiger partial charge in [0.05, 0.1) is 5.56 Å². The van der Waals surface area contributed by atoms with E-state index in [9.17, 15) is 9.59 Å². The van der Waals surface area contributed by atoms with Crippen LogP contribution in [0.25, 0.3) is 0 Å². The van der Waals surface area contributed by atoms with Crippen LogP contribution in [0.1, 0.15) is 47.8 Å². The molecule has 1 amide bonds. The SMILES string of the molecule is CC(C)=C(CN1C(=O)C[C@H](c2ccccc2)/[N+]1=C/c1ccccc1)OC(=O)c1ccccc1. The lowest BCUT2D eigenvalue weighted by Gasteiger charge is -2.18. The quantitative estimate of drug-likeness (QED) is 0.303. The van der Waals surface area contributed by atoms with E-state index in [2.05, 4.69) is 0 Å². The molecule has 0 aliphatic carbocycles. The lowest BCUT2D eigenvalue weighted by atomic mass is 10.1. The van der Waals surface area contributed by atoms with E-state index >= 15 is 0 Å². The van der Waals surface area contributed by atoms with Crippen molar-refractivity contribution >= 4 is 18.1 Å². The van der Waals surface area contributed by atoms with Gasteiger partial charge in [0.15, 0.2) is 0 Å². The van der Waals surface area contributed by atoms with E-state index in [1.54, 1.807) is 29.3 Å². The number of hydrazine groups is 1. The fourth-order valence-electron chi connectivity index (χ4n) is 3.80. The van der Waals surface area contributed by atoms with Crippen molar-refractivity contribution in [2.24, 2.45) is 0 Å². The molecule has 33 heavy (non-hydrogen) atoms. The minimum Gasteiger partial charge on any atom is -0.425 e. The summed E-state index contributed by atoms with van der Waals surface area (Å²) in [6.45, 7) is 3.94. The Balaban J connectivity index is 1.66. The third-order valence-electron chi connectivity index (χ3n) is 5.60. The van der Waals surface area contributed by atoms with E-state index in [-0.39, 0.29) is 18.5 Å². The Morgan fingerprint density at radius 2 is 1.52 bits per heavy atom. The summed E-state index contributed by atoms with van der Waals surface area (Å²) in [6, 6.07) is 28.6. The van der Waals surface area contributed by atoms with Gasteiger partial charge in [-0.3, -0.25) is 4.79 Å². The highest BCUT2D eigenvalue weighted by molar-refractivity contribution is 5.90. The van der Waals surface area contributed by atoms with E-state index in [0.29, 0.717) is 17.7 Å². The van der Waals surface area contributed by atoms with Crippen molar-refractivity contribution in [3.05, 3.63) is 119 Å². The van der Waals surface area contributed by atoms with Crippen LogP contribution in [0.2, 0.25) is 0 Å². The first-order valence-corrected chi connectivity index (χ1v) is 11.0. The molecule has 1 saturated heterocycles. The van der Waals surface area contributed by atoms with Gasteiger partial charge in [-0.2, -0.15) is 0 Å². The van der Waals surface area contributed by atoms with Crippen LogP contribution in [0.15, 0.2) is 102 Å². The number of rotatable bonds is 6. The number of nitrogens with zero attached hydrogens (tertiary/aromatic N) is 2. The molecule has 5 heteroatoms. The van der Waals surface area contributed by atoms with Crippen LogP contribution in [0.4, 0.5) is 0 Å². The molecule has 0 aromatic heterocycles. The van der Waals surface area contributed by atoms with Gasteiger partial charge < -0.3 is 4.74 Å². The van der Waals surface area contributed by atoms with Gasteiger partial charge in [0, 0.05) is 11.1 Å². The second kappa shape index (κ2) is 10.1. The predicted octanol–water partition coefficient (Wildman–Crippen LogP) is 5.16. The Labute approximate surface area is 194 Å². The van der Waals surface area contributed by atoms with Crippen LogP contribution in [-0.2, 0) is 9.53 Å². The molecular weight excluding hydrogens is 412 g/mol. The number of ether oxygens (including phenoxy) is 1. The fourth-order valence-corrected chi connectivity index (χ4v) is 3.80. The van der Waals surface area contributed by atoms with Gasteiger partial charge in [0.2, 0.25) is 12.3 Å². The summed E-state index contributed by atoms with van der Waals surface area (Å²) in [7, 11) is 0. The molecule has 3 aromatic carbocycles. The van der Waals surface area contributed by atoms with Gasteiger partial charge in [-0.15, -0.1) is 9.69 Å². The highest BCUT2D eigenvalue weighted by Gasteiger charge is 2.44. The third-order valence-corrected chi connectivity index (χ3v) is 5.60. The first kappa shape index (κ1) is 22.2. The molecule has 0 bridgehead atoms. The molecule has 0 saturated carbocycles. The lowest BCUT2D eigenvalue weighted by Crippen LogP contribution is -2.36. The van der Waals surface area contributed by atoms with Crippen molar-refractivity contribution in [2.75, 3.05) is 6.54 Å². The van der Waals surface area contributed by atoms with E-state index < -0.39 is 5.97 Å². The Morgan fingerprint density at radius 3 is 2.12 bits per heavy atom. The summed E-state index contributed by atoms with van der Waals surface area (Å²) >= 11 is 0.